The number of para-hydroxylation sites is 1. The molecule has 3 rings (SSSR count). The number of amides is 1. The zero-order chi connectivity index (χ0) is 18.0. The monoisotopic (exact) mass is 410 g/mol. The van der Waals surface area contributed by atoms with Crippen molar-refractivity contribution in [2.45, 2.75) is 5.75 Å². The lowest BCUT2D eigenvalue weighted by Gasteiger charge is -2.12. The van der Waals surface area contributed by atoms with Crippen LogP contribution in [-0.4, -0.2) is 17.1 Å². The van der Waals surface area contributed by atoms with E-state index in [-0.39, 0.29) is 5.56 Å². The van der Waals surface area contributed by atoms with E-state index in [1.807, 2.05) is 18.4 Å². The molecule has 0 unspecified atom stereocenters. The van der Waals surface area contributed by atoms with E-state index < -0.39 is 5.91 Å². The first-order chi connectivity index (χ1) is 12.0. The van der Waals surface area contributed by atoms with Crippen molar-refractivity contribution in [1.29, 1.82) is 0 Å². The molecule has 0 atom stereocenters. The fourth-order valence-corrected chi connectivity index (χ4v) is 3.93. The Morgan fingerprint density at radius 1 is 1.12 bits per heavy atom. The van der Waals surface area contributed by atoms with Crippen LogP contribution >= 0.6 is 46.6 Å². The number of halogens is 3. The molecule has 1 amide bonds. The maximum absolute atomic E-state index is 12.6. The van der Waals surface area contributed by atoms with Gasteiger partial charge in [-0.05, 0) is 30.0 Å². The molecule has 128 valence electrons. The van der Waals surface area contributed by atoms with Crippen LogP contribution in [0.4, 0.5) is 5.69 Å². The molecule has 2 aromatic carbocycles. The summed E-state index contributed by atoms with van der Waals surface area (Å²) in [6.07, 6.45) is 3.74. The van der Waals surface area contributed by atoms with Gasteiger partial charge in [-0.1, -0.05) is 53.0 Å². The number of hydrogen-bond acceptors (Lipinski definition) is 3. The van der Waals surface area contributed by atoms with Gasteiger partial charge in [-0.2, -0.15) is 11.8 Å². The standard InChI is InChI=1S/C18H13Cl3N2OS/c1-25-9-10-8-22-17-11(16(10)21)4-2-7-14(17)23-18(24)15-12(19)5-3-6-13(15)20/h2-8H,9H2,1H3,(H,23,24). The summed E-state index contributed by atoms with van der Waals surface area (Å²) in [4.78, 5) is 17.1. The lowest BCUT2D eigenvalue weighted by atomic mass is 10.1. The molecule has 1 N–H and O–H groups in total. The van der Waals surface area contributed by atoms with Crippen molar-refractivity contribution in [1.82, 2.24) is 4.98 Å². The molecule has 0 aliphatic carbocycles. The van der Waals surface area contributed by atoms with Gasteiger partial charge in [0, 0.05) is 17.3 Å². The molecule has 3 aromatic rings. The number of nitrogens with zero attached hydrogens (tertiary/aromatic N) is 1. The minimum absolute atomic E-state index is 0.230. The Labute approximate surface area is 164 Å². The van der Waals surface area contributed by atoms with Crippen LogP contribution in [0.3, 0.4) is 0 Å². The van der Waals surface area contributed by atoms with Gasteiger partial charge < -0.3 is 5.32 Å². The highest BCUT2D eigenvalue weighted by Gasteiger charge is 2.17. The molecule has 0 radical (unpaired) electrons. The van der Waals surface area contributed by atoms with Gasteiger partial charge in [0.05, 0.1) is 31.8 Å². The van der Waals surface area contributed by atoms with Crippen LogP contribution in [-0.2, 0) is 5.75 Å². The average molecular weight is 412 g/mol. The zero-order valence-corrected chi connectivity index (χ0v) is 16.2. The fraction of sp³-hybridized carbons (Fsp3) is 0.111. The Hall–Kier alpha value is -1.46. The van der Waals surface area contributed by atoms with Crippen molar-refractivity contribution >= 4 is 69.1 Å². The van der Waals surface area contributed by atoms with Crippen molar-refractivity contribution in [3.63, 3.8) is 0 Å². The maximum Gasteiger partial charge on any atom is 0.258 e. The molecule has 0 fully saturated rings. The summed E-state index contributed by atoms with van der Waals surface area (Å²) >= 11 is 20.4. The number of pyridine rings is 1. The Morgan fingerprint density at radius 3 is 2.48 bits per heavy atom. The molecule has 0 saturated carbocycles. The molecule has 7 heteroatoms. The second-order valence-corrected chi connectivity index (χ2v) is 7.34. The highest BCUT2D eigenvalue weighted by molar-refractivity contribution is 7.97. The summed E-state index contributed by atoms with van der Waals surface area (Å²) in [5, 5.41) is 4.84. The van der Waals surface area contributed by atoms with E-state index in [4.69, 9.17) is 34.8 Å². The molecule has 3 nitrogen and oxygen atoms in total. The summed E-state index contributed by atoms with van der Waals surface area (Å²) in [5.74, 6) is 0.377. The smallest absolute Gasteiger partial charge is 0.258 e. The van der Waals surface area contributed by atoms with Crippen molar-refractivity contribution in [3.8, 4) is 0 Å². The third-order valence-electron chi connectivity index (χ3n) is 3.64. The summed E-state index contributed by atoms with van der Waals surface area (Å²) < 4.78 is 0. The van der Waals surface area contributed by atoms with Crippen molar-refractivity contribution in [2.24, 2.45) is 0 Å². The minimum Gasteiger partial charge on any atom is -0.320 e. The number of anilines is 1. The number of fused-ring (bicyclic) bond motifs is 1. The second-order valence-electron chi connectivity index (χ2n) is 5.28. The van der Waals surface area contributed by atoms with Gasteiger partial charge in [0.15, 0.2) is 0 Å². The Morgan fingerprint density at radius 2 is 1.80 bits per heavy atom. The predicted molar refractivity (Wildman–Crippen MR) is 108 cm³/mol. The number of thioether (sulfide) groups is 1. The molecule has 1 aromatic heterocycles. The summed E-state index contributed by atoms with van der Waals surface area (Å²) in [5.41, 5.74) is 2.36. The molecule has 25 heavy (non-hydrogen) atoms. The van der Waals surface area contributed by atoms with Crippen LogP contribution in [0.15, 0.2) is 42.6 Å². The highest BCUT2D eigenvalue weighted by atomic mass is 35.5. The van der Waals surface area contributed by atoms with E-state index in [9.17, 15) is 4.79 Å². The Kier molecular flexibility index (Phi) is 5.74. The third-order valence-corrected chi connectivity index (χ3v) is 5.32. The number of carbonyl (C=O) groups excluding carboxylic acids is 1. The van der Waals surface area contributed by atoms with Gasteiger partial charge in [-0.25, -0.2) is 0 Å². The van der Waals surface area contributed by atoms with Crippen LogP contribution < -0.4 is 5.32 Å². The number of nitrogens with one attached hydrogen (secondary N) is 1. The topological polar surface area (TPSA) is 42.0 Å². The first-order valence-corrected chi connectivity index (χ1v) is 9.86. The van der Waals surface area contributed by atoms with Crippen LogP contribution in [0.5, 0.6) is 0 Å². The predicted octanol–water partition coefficient (Wildman–Crippen LogP) is 6.31. The van der Waals surface area contributed by atoms with Gasteiger partial charge in [0.1, 0.15) is 0 Å². The normalized spacial score (nSPS) is 10.9. The van der Waals surface area contributed by atoms with E-state index in [0.29, 0.717) is 26.3 Å². The highest BCUT2D eigenvalue weighted by Crippen LogP contribution is 2.32. The molecule has 0 saturated heterocycles. The minimum atomic E-state index is -0.394. The zero-order valence-electron chi connectivity index (χ0n) is 13.1. The number of hydrogen-bond donors (Lipinski definition) is 1. The van der Waals surface area contributed by atoms with Gasteiger partial charge in [-0.3, -0.25) is 9.78 Å². The van der Waals surface area contributed by atoms with Crippen LogP contribution in [0.25, 0.3) is 10.9 Å². The molecule has 0 aliphatic heterocycles. The molecular weight excluding hydrogens is 399 g/mol. The van der Waals surface area contributed by atoms with E-state index in [0.717, 1.165) is 16.7 Å². The second kappa shape index (κ2) is 7.83. The first kappa shape index (κ1) is 18.3. The number of rotatable bonds is 4. The fourth-order valence-electron chi connectivity index (χ4n) is 2.49. The van der Waals surface area contributed by atoms with Crippen molar-refractivity contribution in [2.75, 3.05) is 11.6 Å². The van der Waals surface area contributed by atoms with Gasteiger partial charge in [0.2, 0.25) is 0 Å². The number of carbonyl (C=O) groups is 1. The third kappa shape index (κ3) is 3.72. The lowest BCUT2D eigenvalue weighted by molar-refractivity contribution is 0.102. The van der Waals surface area contributed by atoms with E-state index in [1.54, 1.807) is 42.2 Å². The van der Waals surface area contributed by atoms with E-state index in [1.165, 1.54) is 0 Å². The quantitative estimate of drug-likeness (QED) is 0.547. The van der Waals surface area contributed by atoms with Crippen molar-refractivity contribution in [3.05, 3.63) is 68.8 Å². The van der Waals surface area contributed by atoms with Crippen LogP contribution in [0.1, 0.15) is 15.9 Å². The van der Waals surface area contributed by atoms with Gasteiger partial charge >= 0.3 is 0 Å². The Bertz CT molecular complexity index is 942. The number of benzene rings is 2. The van der Waals surface area contributed by atoms with E-state index in [2.05, 4.69) is 10.3 Å². The van der Waals surface area contributed by atoms with Crippen LogP contribution in [0.2, 0.25) is 15.1 Å². The Balaban J connectivity index is 2.02. The summed E-state index contributed by atoms with van der Waals surface area (Å²) in [7, 11) is 0. The SMILES string of the molecule is CSCc1cnc2c(NC(=O)c3c(Cl)cccc3Cl)cccc2c1Cl. The molecule has 0 aliphatic rings. The van der Waals surface area contributed by atoms with Crippen LogP contribution in [0, 0.1) is 0 Å². The largest absolute Gasteiger partial charge is 0.320 e. The number of aromatic nitrogens is 1. The summed E-state index contributed by atoms with van der Waals surface area (Å²) in [6.45, 7) is 0. The molecule has 1 heterocycles. The van der Waals surface area contributed by atoms with E-state index >= 15 is 0 Å². The lowest BCUT2D eigenvalue weighted by Crippen LogP contribution is -2.13. The van der Waals surface area contributed by atoms with Crippen molar-refractivity contribution < 1.29 is 4.79 Å². The molecule has 0 spiro atoms. The summed E-state index contributed by atoms with van der Waals surface area (Å²) in [6, 6.07) is 10.4. The molecular formula is C18H13Cl3N2OS. The first-order valence-electron chi connectivity index (χ1n) is 7.33. The van der Waals surface area contributed by atoms with Gasteiger partial charge in [0.25, 0.3) is 5.91 Å². The maximum atomic E-state index is 12.6. The molecule has 0 bridgehead atoms. The van der Waals surface area contributed by atoms with Gasteiger partial charge in [-0.15, -0.1) is 0 Å². The average Bonchev–Trinajstić information content (AvgIpc) is 2.58.